The summed E-state index contributed by atoms with van der Waals surface area (Å²) in [5.41, 5.74) is 8.46. The van der Waals surface area contributed by atoms with Crippen molar-refractivity contribution in [1.29, 1.82) is 5.26 Å². The molecule has 0 saturated carbocycles. The van der Waals surface area contributed by atoms with Crippen LogP contribution in [-0.2, 0) is 6.42 Å². The lowest BCUT2D eigenvalue weighted by molar-refractivity contribution is 0.214. The van der Waals surface area contributed by atoms with Crippen molar-refractivity contribution in [1.82, 2.24) is 4.90 Å². The second kappa shape index (κ2) is 4.43. The lowest BCUT2D eigenvalue weighted by Gasteiger charge is -2.35. The number of nitriles is 1. The van der Waals surface area contributed by atoms with Gasteiger partial charge in [0.05, 0.1) is 12.6 Å². The first-order chi connectivity index (χ1) is 7.36. The normalized spacial score (nSPS) is 20.7. The molecule has 0 saturated heterocycles. The molecule has 2 N–H and O–H groups in total. The second-order valence-corrected chi connectivity index (χ2v) is 3.83. The van der Waals surface area contributed by atoms with Crippen LogP contribution >= 0.6 is 0 Å². The van der Waals surface area contributed by atoms with Gasteiger partial charge in [0.1, 0.15) is 0 Å². The third-order valence-corrected chi connectivity index (χ3v) is 3.02. The Morgan fingerprint density at radius 3 is 3.00 bits per heavy atom. The minimum absolute atomic E-state index is 0.217. The summed E-state index contributed by atoms with van der Waals surface area (Å²) in [6, 6.07) is 10.8. The zero-order valence-corrected chi connectivity index (χ0v) is 8.69. The molecule has 2 rings (SSSR count). The van der Waals surface area contributed by atoms with Crippen molar-refractivity contribution in [2.75, 3.05) is 19.6 Å². The van der Waals surface area contributed by atoms with Gasteiger partial charge in [-0.1, -0.05) is 24.3 Å². The van der Waals surface area contributed by atoms with Gasteiger partial charge in [0.25, 0.3) is 0 Å². The average Bonchev–Trinajstić information content (AvgIpc) is 2.29. The van der Waals surface area contributed by atoms with Crippen LogP contribution in [0.5, 0.6) is 0 Å². The third kappa shape index (κ3) is 1.87. The molecule has 0 aliphatic carbocycles. The van der Waals surface area contributed by atoms with E-state index >= 15 is 0 Å². The Balaban J connectivity index is 2.31. The van der Waals surface area contributed by atoms with Crippen LogP contribution in [0.4, 0.5) is 0 Å². The van der Waals surface area contributed by atoms with Crippen LogP contribution in [0, 0.1) is 11.3 Å². The molecule has 3 nitrogen and oxygen atoms in total. The van der Waals surface area contributed by atoms with Crippen LogP contribution < -0.4 is 5.73 Å². The highest BCUT2D eigenvalue weighted by Gasteiger charge is 2.25. The Hall–Kier alpha value is -1.37. The molecular formula is C12H15N3. The second-order valence-electron chi connectivity index (χ2n) is 3.83. The summed E-state index contributed by atoms with van der Waals surface area (Å²) in [5, 5.41) is 8.75. The van der Waals surface area contributed by atoms with Gasteiger partial charge in [-0.05, 0) is 17.5 Å². The third-order valence-electron chi connectivity index (χ3n) is 3.02. The van der Waals surface area contributed by atoms with Gasteiger partial charge < -0.3 is 5.73 Å². The molecule has 1 aliphatic heterocycles. The molecule has 1 unspecified atom stereocenters. The lowest BCUT2D eigenvalue weighted by atomic mass is 9.93. The maximum Gasteiger partial charge on any atom is 0.0871 e. The van der Waals surface area contributed by atoms with Crippen LogP contribution in [-0.4, -0.2) is 24.5 Å². The summed E-state index contributed by atoms with van der Waals surface area (Å²) in [7, 11) is 0. The molecule has 1 aliphatic rings. The standard InChI is InChI=1S/C12H15N3/c13-6-8-15-7-5-10-3-1-2-4-11(10)12(15)9-14/h1-4,12H,5,7-9,14H2. The monoisotopic (exact) mass is 201 g/mol. The molecule has 3 heteroatoms. The molecule has 1 atom stereocenters. The van der Waals surface area contributed by atoms with Gasteiger partial charge in [-0.3, -0.25) is 4.90 Å². The highest BCUT2D eigenvalue weighted by atomic mass is 15.2. The predicted octanol–water partition coefficient (Wildman–Crippen LogP) is 1.07. The van der Waals surface area contributed by atoms with Gasteiger partial charge in [0, 0.05) is 19.1 Å². The SMILES string of the molecule is N#CCN1CCc2ccccc2C1CN. The van der Waals surface area contributed by atoms with E-state index < -0.39 is 0 Å². The van der Waals surface area contributed by atoms with Gasteiger partial charge in [-0.2, -0.15) is 5.26 Å². The fourth-order valence-electron chi connectivity index (χ4n) is 2.26. The smallest absolute Gasteiger partial charge is 0.0871 e. The van der Waals surface area contributed by atoms with E-state index in [0.717, 1.165) is 13.0 Å². The van der Waals surface area contributed by atoms with Crippen LogP contribution in [0.15, 0.2) is 24.3 Å². The number of fused-ring (bicyclic) bond motifs is 1. The van der Waals surface area contributed by atoms with Crippen molar-refractivity contribution in [3.8, 4) is 6.07 Å². The van der Waals surface area contributed by atoms with E-state index in [1.165, 1.54) is 11.1 Å². The highest BCUT2D eigenvalue weighted by Crippen LogP contribution is 2.28. The molecule has 0 radical (unpaired) electrons. The van der Waals surface area contributed by atoms with E-state index in [1.807, 2.05) is 6.07 Å². The molecule has 1 aromatic rings. The van der Waals surface area contributed by atoms with E-state index in [2.05, 4.69) is 29.2 Å². The maximum atomic E-state index is 8.75. The van der Waals surface area contributed by atoms with Crippen molar-refractivity contribution in [2.45, 2.75) is 12.5 Å². The summed E-state index contributed by atoms with van der Waals surface area (Å²) < 4.78 is 0. The number of nitrogens with two attached hydrogens (primary N) is 1. The first-order valence-corrected chi connectivity index (χ1v) is 5.25. The Labute approximate surface area is 90.1 Å². The molecule has 1 heterocycles. The van der Waals surface area contributed by atoms with Gasteiger partial charge in [0.15, 0.2) is 0 Å². The quantitative estimate of drug-likeness (QED) is 0.728. The first kappa shape index (κ1) is 10.2. The molecule has 0 amide bonds. The van der Waals surface area contributed by atoms with Crippen molar-refractivity contribution in [2.24, 2.45) is 5.73 Å². The van der Waals surface area contributed by atoms with Crippen LogP contribution in [0.1, 0.15) is 17.2 Å². The zero-order chi connectivity index (χ0) is 10.7. The van der Waals surface area contributed by atoms with E-state index in [1.54, 1.807) is 0 Å². The van der Waals surface area contributed by atoms with Crippen LogP contribution in [0.25, 0.3) is 0 Å². The summed E-state index contributed by atoms with van der Waals surface area (Å²) >= 11 is 0. The van der Waals surface area contributed by atoms with E-state index in [-0.39, 0.29) is 6.04 Å². The van der Waals surface area contributed by atoms with Crippen molar-refractivity contribution in [3.63, 3.8) is 0 Å². The summed E-state index contributed by atoms with van der Waals surface area (Å²) in [6.07, 6.45) is 1.02. The highest BCUT2D eigenvalue weighted by molar-refractivity contribution is 5.32. The maximum absolute atomic E-state index is 8.75. The molecule has 78 valence electrons. The number of hydrogen-bond donors (Lipinski definition) is 1. The van der Waals surface area contributed by atoms with E-state index in [0.29, 0.717) is 13.1 Å². The number of nitrogens with zero attached hydrogens (tertiary/aromatic N) is 2. The number of hydrogen-bond acceptors (Lipinski definition) is 3. The number of rotatable bonds is 2. The topological polar surface area (TPSA) is 53.0 Å². The predicted molar refractivity (Wildman–Crippen MR) is 59.1 cm³/mol. The molecule has 15 heavy (non-hydrogen) atoms. The Morgan fingerprint density at radius 1 is 1.47 bits per heavy atom. The molecule has 0 bridgehead atoms. The van der Waals surface area contributed by atoms with Gasteiger partial charge in [0.2, 0.25) is 0 Å². The van der Waals surface area contributed by atoms with Crippen molar-refractivity contribution < 1.29 is 0 Å². The molecule has 1 aromatic carbocycles. The van der Waals surface area contributed by atoms with Gasteiger partial charge >= 0.3 is 0 Å². The summed E-state index contributed by atoms with van der Waals surface area (Å²) in [5.74, 6) is 0. The largest absolute Gasteiger partial charge is 0.329 e. The zero-order valence-electron chi connectivity index (χ0n) is 8.69. The van der Waals surface area contributed by atoms with Crippen molar-refractivity contribution in [3.05, 3.63) is 35.4 Å². The molecule has 0 aromatic heterocycles. The van der Waals surface area contributed by atoms with Crippen molar-refractivity contribution >= 4 is 0 Å². The lowest BCUT2D eigenvalue weighted by Crippen LogP contribution is -2.39. The summed E-state index contributed by atoms with van der Waals surface area (Å²) in [4.78, 5) is 2.16. The average molecular weight is 201 g/mol. The minimum Gasteiger partial charge on any atom is -0.329 e. The van der Waals surface area contributed by atoms with Crippen LogP contribution in [0.2, 0.25) is 0 Å². The van der Waals surface area contributed by atoms with Crippen LogP contribution in [0.3, 0.4) is 0 Å². The number of benzene rings is 1. The minimum atomic E-state index is 0.217. The molecule has 0 spiro atoms. The molecule has 0 fully saturated rings. The summed E-state index contributed by atoms with van der Waals surface area (Å²) in [6.45, 7) is 1.99. The fourth-order valence-corrected chi connectivity index (χ4v) is 2.26. The fraction of sp³-hybridized carbons (Fsp3) is 0.417. The van der Waals surface area contributed by atoms with Gasteiger partial charge in [-0.25, -0.2) is 0 Å². The Kier molecular flexibility index (Phi) is 3.00. The Bertz CT molecular complexity index is 381. The van der Waals surface area contributed by atoms with E-state index in [4.69, 9.17) is 11.0 Å². The van der Waals surface area contributed by atoms with E-state index in [9.17, 15) is 0 Å². The first-order valence-electron chi connectivity index (χ1n) is 5.25. The Morgan fingerprint density at radius 2 is 2.27 bits per heavy atom. The van der Waals surface area contributed by atoms with Gasteiger partial charge in [-0.15, -0.1) is 0 Å². The molecular weight excluding hydrogens is 186 g/mol.